The largest absolute Gasteiger partial charge is 0.384 e. The third-order valence-corrected chi connectivity index (χ3v) is 3.83. The molecule has 0 aromatic carbocycles. The summed E-state index contributed by atoms with van der Waals surface area (Å²) in [4.78, 5) is 6.29. The van der Waals surface area contributed by atoms with Crippen molar-refractivity contribution in [3.05, 3.63) is 23.6 Å². The molecule has 0 unspecified atom stereocenters. The molecule has 2 rings (SSSR count). The smallest absolute Gasteiger partial charge is 0.170 e. The van der Waals surface area contributed by atoms with Gasteiger partial charge in [-0.2, -0.15) is 0 Å². The fourth-order valence-corrected chi connectivity index (χ4v) is 2.64. The number of piperidine rings is 1. The first-order valence-electron chi connectivity index (χ1n) is 7.34. The third kappa shape index (κ3) is 3.67. The summed E-state index contributed by atoms with van der Waals surface area (Å²) < 4.78 is 19.6. The highest BCUT2D eigenvalue weighted by atomic mass is 19.1. The molecule has 20 heavy (non-hydrogen) atoms. The molecule has 0 saturated carbocycles. The average molecular weight is 281 g/mol. The lowest BCUT2D eigenvalue weighted by Crippen LogP contribution is -2.36. The first-order chi connectivity index (χ1) is 9.76. The SMILES string of the molecule is CCNCc1ccnc(N2CCC(COC)CC2)c1F. The summed E-state index contributed by atoms with van der Waals surface area (Å²) in [7, 11) is 1.73. The standard InChI is InChI=1S/C15H24FN3O/c1-3-17-10-13-4-7-18-15(14(13)16)19-8-5-12(6-9-19)11-20-2/h4,7,12,17H,3,5-6,8-11H2,1-2H3. The number of pyridine rings is 1. The normalized spacial score (nSPS) is 16.6. The van der Waals surface area contributed by atoms with Gasteiger partial charge < -0.3 is 15.0 Å². The van der Waals surface area contributed by atoms with Crippen LogP contribution in [0.2, 0.25) is 0 Å². The van der Waals surface area contributed by atoms with Gasteiger partial charge >= 0.3 is 0 Å². The highest BCUT2D eigenvalue weighted by molar-refractivity contribution is 5.43. The Bertz CT molecular complexity index is 420. The third-order valence-electron chi connectivity index (χ3n) is 3.83. The minimum absolute atomic E-state index is 0.182. The monoisotopic (exact) mass is 281 g/mol. The topological polar surface area (TPSA) is 37.4 Å². The second-order valence-corrected chi connectivity index (χ2v) is 5.27. The van der Waals surface area contributed by atoms with E-state index in [1.165, 1.54) is 0 Å². The lowest BCUT2D eigenvalue weighted by atomic mass is 9.98. The Morgan fingerprint density at radius 3 is 2.85 bits per heavy atom. The number of aromatic nitrogens is 1. The fraction of sp³-hybridized carbons (Fsp3) is 0.667. The number of nitrogens with one attached hydrogen (secondary N) is 1. The van der Waals surface area contributed by atoms with Gasteiger partial charge in [-0.05, 0) is 31.4 Å². The zero-order valence-corrected chi connectivity index (χ0v) is 12.4. The minimum atomic E-state index is -0.182. The number of ether oxygens (including phenoxy) is 1. The first-order valence-corrected chi connectivity index (χ1v) is 7.34. The maximum atomic E-state index is 14.5. The number of anilines is 1. The molecule has 1 aliphatic heterocycles. The molecule has 1 aromatic rings. The maximum absolute atomic E-state index is 14.5. The van der Waals surface area contributed by atoms with Crippen molar-refractivity contribution in [3.63, 3.8) is 0 Å². The van der Waals surface area contributed by atoms with Gasteiger partial charge in [-0.25, -0.2) is 9.37 Å². The van der Waals surface area contributed by atoms with Crippen LogP contribution in [-0.4, -0.2) is 38.3 Å². The van der Waals surface area contributed by atoms with Crippen molar-refractivity contribution in [2.45, 2.75) is 26.3 Å². The van der Waals surface area contributed by atoms with Gasteiger partial charge in [0.1, 0.15) is 0 Å². The summed E-state index contributed by atoms with van der Waals surface area (Å²) in [6.45, 7) is 5.90. The Morgan fingerprint density at radius 2 is 2.20 bits per heavy atom. The van der Waals surface area contributed by atoms with Crippen molar-refractivity contribution < 1.29 is 9.13 Å². The summed E-state index contributed by atoms with van der Waals surface area (Å²) in [5, 5.41) is 3.16. The Morgan fingerprint density at radius 1 is 1.45 bits per heavy atom. The van der Waals surface area contributed by atoms with E-state index in [4.69, 9.17) is 4.74 Å². The van der Waals surface area contributed by atoms with E-state index in [0.717, 1.165) is 39.1 Å². The molecule has 1 aromatic heterocycles. The first kappa shape index (κ1) is 15.2. The molecule has 0 aliphatic carbocycles. The molecule has 0 radical (unpaired) electrons. The maximum Gasteiger partial charge on any atom is 0.170 e. The zero-order valence-electron chi connectivity index (χ0n) is 12.4. The van der Waals surface area contributed by atoms with Gasteiger partial charge in [0.25, 0.3) is 0 Å². The molecule has 112 valence electrons. The Balaban J connectivity index is 2.02. The molecule has 0 bridgehead atoms. The lowest BCUT2D eigenvalue weighted by molar-refractivity contribution is 0.139. The van der Waals surface area contributed by atoms with Gasteiger partial charge in [-0.3, -0.25) is 0 Å². The van der Waals surface area contributed by atoms with Crippen molar-refractivity contribution in [3.8, 4) is 0 Å². The number of methoxy groups -OCH3 is 1. The van der Waals surface area contributed by atoms with E-state index in [9.17, 15) is 4.39 Å². The van der Waals surface area contributed by atoms with Crippen LogP contribution in [-0.2, 0) is 11.3 Å². The fourth-order valence-electron chi connectivity index (χ4n) is 2.64. The predicted octanol–water partition coefficient (Wildman–Crippen LogP) is 2.19. The van der Waals surface area contributed by atoms with E-state index < -0.39 is 0 Å². The summed E-state index contributed by atoms with van der Waals surface area (Å²) in [6.07, 6.45) is 3.77. The van der Waals surface area contributed by atoms with Gasteiger partial charge in [0.15, 0.2) is 11.6 Å². The average Bonchev–Trinajstić information content (AvgIpc) is 2.48. The summed E-state index contributed by atoms with van der Waals surface area (Å²) in [5.41, 5.74) is 0.691. The molecule has 1 aliphatic rings. The van der Waals surface area contributed by atoms with Crippen LogP contribution >= 0.6 is 0 Å². The number of hydrogen-bond acceptors (Lipinski definition) is 4. The summed E-state index contributed by atoms with van der Waals surface area (Å²) in [6, 6.07) is 1.75. The molecule has 0 amide bonds. The van der Waals surface area contributed by atoms with Crippen molar-refractivity contribution >= 4 is 5.82 Å². The molecule has 2 heterocycles. The number of halogens is 1. The van der Waals surface area contributed by atoms with Crippen molar-refractivity contribution in [1.82, 2.24) is 10.3 Å². The van der Waals surface area contributed by atoms with Gasteiger partial charge in [0, 0.05) is 45.1 Å². The van der Waals surface area contributed by atoms with Crippen LogP contribution in [0, 0.1) is 11.7 Å². The van der Waals surface area contributed by atoms with E-state index in [-0.39, 0.29) is 5.82 Å². The number of rotatable bonds is 6. The highest BCUT2D eigenvalue weighted by Gasteiger charge is 2.23. The summed E-state index contributed by atoms with van der Waals surface area (Å²) in [5.74, 6) is 0.902. The molecule has 0 spiro atoms. The molecule has 1 fully saturated rings. The minimum Gasteiger partial charge on any atom is -0.384 e. The highest BCUT2D eigenvalue weighted by Crippen LogP contribution is 2.25. The van der Waals surface area contributed by atoms with Crippen LogP contribution in [0.1, 0.15) is 25.3 Å². The summed E-state index contributed by atoms with van der Waals surface area (Å²) >= 11 is 0. The van der Waals surface area contributed by atoms with Crippen LogP contribution < -0.4 is 10.2 Å². The van der Waals surface area contributed by atoms with Crippen LogP contribution in [0.25, 0.3) is 0 Å². The van der Waals surface area contributed by atoms with Crippen molar-refractivity contribution in [2.75, 3.05) is 38.3 Å². The van der Waals surface area contributed by atoms with E-state index in [2.05, 4.69) is 15.2 Å². The lowest BCUT2D eigenvalue weighted by Gasteiger charge is -2.32. The van der Waals surface area contributed by atoms with E-state index >= 15 is 0 Å². The van der Waals surface area contributed by atoms with Gasteiger partial charge in [0.2, 0.25) is 0 Å². The molecule has 1 N–H and O–H groups in total. The van der Waals surface area contributed by atoms with Crippen LogP contribution in [0.15, 0.2) is 12.3 Å². The molecular weight excluding hydrogens is 257 g/mol. The van der Waals surface area contributed by atoms with Crippen molar-refractivity contribution in [1.29, 1.82) is 0 Å². The quantitative estimate of drug-likeness (QED) is 0.867. The van der Waals surface area contributed by atoms with Gasteiger partial charge in [-0.1, -0.05) is 6.92 Å². The molecule has 4 nitrogen and oxygen atoms in total. The Kier molecular flexibility index (Phi) is 5.73. The molecule has 5 heteroatoms. The molecule has 1 saturated heterocycles. The van der Waals surface area contributed by atoms with Crippen molar-refractivity contribution in [2.24, 2.45) is 5.92 Å². The van der Waals surface area contributed by atoms with Crippen LogP contribution in [0.3, 0.4) is 0 Å². The Hall–Kier alpha value is -1.20. The predicted molar refractivity (Wildman–Crippen MR) is 78.4 cm³/mol. The van der Waals surface area contributed by atoms with Crippen LogP contribution in [0.4, 0.5) is 10.2 Å². The zero-order chi connectivity index (χ0) is 14.4. The van der Waals surface area contributed by atoms with E-state index in [1.54, 1.807) is 19.4 Å². The van der Waals surface area contributed by atoms with Gasteiger partial charge in [-0.15, -0.1) is 0 Å². The second kappa shape index (κ2) is 7.55. The molecular formula is C15H24FN3O. The molecule has 0 atom stereocenters. The van der Waals surface area contributed by atoms with E-state index in [0.29, 0.717) is 23.8 Å². The number of hydrogen-bond donors (Lipinski definition) is 1. The van der Waals surface area contributed by atoms with Gasteiger partial charge in [0.05, 0.1) is 0 Å². The second-order valence-electron chi connectivity index (χ2n) is 5.27. The number of nitrogens with zero attached hydrogens (tertiary/aromatic N) is 2. The van der Waals surface area contributed by atoms with Crippen LogP contribution in [0.5, 0.6) is 0 Å². The Labute approximate surface area is 120 Å². The van der Waals surface area contributed by atoms with E-state index in [1.807, 2.05) is 6.92 Å².